The molecule has 2 aliphatic rings. The van der Waals surface area contributed by atoms with Crippen LogP contribution in [0.5, 0.6) is 0 Å². The van der Waals surface area contributed by atoms with Gasteiger partial charge in [-0.25, -0.2) is 9.97 Å². The molecule has 1 aromatic carbocycles. The summed E-state index contributed by atoms with van der Waals surface area (Å²) in [6.45, 7) is 7.19. The van der Waals surface area contributed by atoms with Gasteiger partial charge in [0.05, 0.1) is 5.69 Å². The Kier molecular flexibility index (Phi) is 5.01. The lowest BCUT2D eigenvalue weighted by Gasteiger charge is -2.29. The van der Waals surface area contributed by atoms with Crippen LogP contribution in [0.3, 0.4) is 0 Å². The minimum Gasteiger partial charge on any atom is -0.366 e. The van der Waals surface area contributed by atoms with Crippen molar-refractivity contribution in [2.45, 2.75) is 58.2 Å². The lowest BCUT2D eigenvalue weighted by molar-refractivity contribution is -0.136. The van der Waals surface area contributed by atoms with Crippen LogP contribution >= 0.6 is 0 Å². The van der Waals surface area contributed by atoms with Gasteiger partial charge in [-0.1, -0.05) is 32.9 Å². The van der Waals surface area contributed by atoms with Gasteiger partial charge in [0.2, 0.25) is 11.8 Å². The maximum atomic E-state index is 12.9. The van der Waals surface area contributed by atoms with Crippen molar-refractivity contribution in [3.8, 4) is 0 Å². The zero-order valence-electron chi connectivity index (χ0n) is 17.4. The fourth-order valence-corrected chi connectivity index (χ4v) is 3.77. The first-order chi connectivity index (χ1) is 14.2. The summed E-state index contributed by atoms with van der Waals surface area (Å²) >= 11 is 0. The molecule has 0 bridgehead atoms. The topological polar surface area (TPSA) is 104 Å². The Morgan fingerprint density at radius 1 is 1.17 bits per heavy atom. The summed E-state index contributed by atoms with van der Waals surface area (Å²) in [5.74, 6) is -0.119. The molecule has 1 saturated heterocycles. The number of hydrogen-bond acceptors (Lipinski definition) is 6. The Morgan fingerprint density at radius 3 is 2.70 bits per heavy atom. The minimum absolute atomic E-state index is 0.0706. The summed E-state index contributed by atoms with van der Waals surface area (Å²) in [5, 5.41) is 5.61. The normalized spacial score (nSPS) is 19.0. The van der Waals surface area contributed by atoms with E-state index in [1.165, 1.54) is 0 Å². The van der Waals surface area contributed by atoms with Gasteiger partial charge in [0.25, 0.3) is 5.91 Å². The number of fused-ring (bicyclic) bond motifs is 1. The van der Waals surface area contributed by atoms with Crippen molar-refractivity contribution < 1.29 is 14.4 Å². The number of imide groups is 1. The first-order valence-electron chi connectivity index (χ1n) is 10.1. The van der Waals surface area contributed by atoms with Crippen molar-refractivity contribution in [1.82, 2.24) is 20.2 Å². The van der Waals surface area contributed by atoms with Crippen molar-refractivity contribution in [3.05, 3.63) is 53.0 Å². The van der Waals surface area contributed by atoms with Crippen molar-refractivity contribution in [3.63, 3.8) is 0 Å². The van der Waals surface area contributed by atoms with E-state index in [-0.39, 0.29) is 23.7 Å². The fourth-order valence-electron chi connectivity index (χ4n) is 3.77. The standard InChI is InChI=1S/C22H25N5O3/c1-22(2,3)17-9-18(25-12-24-17)23-10-13-4-5-14-11-27(21(30)15(14)8-13)16-6-7-19(28)26-20(16)29/h4-5,8-9,12,16H,6-7,10-11H2,1-3H3,(H,23,24,25)(H,26,28,29). The SMILES string of the molecule is CC(C)(C)c1cc(NCc2ccc3c(c2)C(=O)N(C2CCC(=O)NC2=O)C3)ncn1. The molecule has 2 aromatic rings. The predicted octanol–water partition coefficient (Wildman–Crippen LogP) is 2.15. The van der Waals surface area contributed by atoms with Gasteiger partial charge in [0, 0.05) is 36.6 Å². The summed E-state index contributed by atoms with van der Waals surface area (Å²) in [4.78, 5) is 46.6. The number of hydrogen-bond donors (Lipinski definition) is 2. The van der Waals surface area contributed by atoms with E-state index in [9.17, 15) is 14.4 Å². The van der Waals surface area contributed by atoms with E-state index in [0.717, 1.165) is 22.6 Å². The molecule has 2 N–H and O–H groups in total. The van der Waals surface area contributed by atoms with Crippen LogP contribution in [0.2, 0.25) is 0 Å². The first-order valence-corrected chi connectivity index (χ1v) is 10.1. The number of nitrogens with one attached hydrogen (secondary N) is 2. The van der Waals surface area contributed by atoms with Crippen molar-refractivity contribution in [2.24, 2.45) is 0 Å². The number of carbonyl (C=O) groups excluding carboxylic acids is 3. The smallest absolute Gasteiger partial charge is 0.255 e. The highest BCUT2D eigenvalue weighted by Crippen LogP contribution is 2.28. The molecule has 3 amide bonds. The third-order valence-electron chi connectivity index (χ3n) is 5.50. The lowest BCUT2D eigenvalue weighted by atomic mass is 9.92. The molecule has 0 radical (unpaired) electrons. The fraction of sp³-hybridized carbons (Fsp3) is 0.409. The van der Waals surface area contributed by atoms with E-state index in [1.54, 1.807) is 11.2 Å². The molecule has 0 spiro atoms. The Bertz CT molecular complexity index is 1030. The molecule has 1 fully saturated rings. The highest BCUT2D eigenvalue weighted by atomic mass is 16.2. The molecule has 8 heteroatoms. The zero-order chi connectivity index (χ0) is 21.5. The van der Waals surface area contributed by atoms with Crippen LogP contribution in [0.4, 0.5) is 5.82 Å². The number of amides is 3. The van der Waals surface area contributed by atoms with Gasteiger partial charge in [-0.15, -0.1) is 0 Å². The molecule has 4 rings (SSSR count). The van der Waals surface area contributed by atoms with E-state index in [0.29, 0.717) is 25.1 Å². The average Bonchev–Trinajstić information content (AvgIpc) is 3.02. The Hall–Kier alpha value is -3.29. The van der Waals surface area contributed by atoms with Gasteiger partial charge >= 0.3 is 0 Å². The van der Waals surface area contributed by atoms with E-state index in [1.807, 2.05) is 24.3 Å². The number of anilines is 1. The molecule has 0 saturated carbocycles. The van der Waals surface area contributed by atoms with E-state index >= 15 is 0 Å². The third-order valence-corrected chi connectivity index (χ3v) is 5.50. The zero-order valence-corrected chi connectivity index (χ0v) is 17.4. The molecule has 1 atom stereocenters. The van der Waals surface area contributed by atoms with E-state index < -0.39 is 11.9 Å². The van der Waals surface area contributed by atoms with E-state index in [4.69, 9.17) is 0 Å². The Balaban J connectivity index is 1.46. The van der Waals surface area contributed by atoms with Crippen LogP contribution in [-0.2, 0) is 28.1 Å². The van der Waals surface area contributed by atoms with Gasteiger partial charge in [0.15, 0.2) is 0 Å². The summed E-state index contributed by atoms with van der Waals surface area (Å²) in [6, 6.07) is 7.10. The Labute approximate surface area is 175 Å². The lowest BCUT2D eigenvalue weighted by Crippen LogP contribution is -2.52. The van der Waals surface area contributed by atoms with Crippen LogP contribution in [-0.4, -0.2) is 38.6 Å². The Morgan fingerprint density at radius 2 is 1.97 bits per heavy atom. The number of aromatic nitrogens is 2. The molecule has 156 valence electrons. The molecule has 3 heterocycles. The molecular formula is C22H25N5O3. The van der Waals surface area contributed by atoms with Gasteiger partial charge in [-0.3, -0.25) is 19.7 Å². The molecule has 2 aliphatic heterocycles. The predicted molar refractivity (Wildman–Crippen MR) is 111 cm³/mol. The van der Waals surface area contributed by atoms with Crippen LogP contribution in [0.25, 0.3) is 0 Å². The largest absolute Gasteiger partial charge is 0.366 e. The number of rotatable bonds is 4. The van der Waals surface area contributed by atoms with Crippen LogP contribution in [0.15, 0.2) is 30.6 Å². The van der Waals surface area contributed by atoms with Gasteiger partial charge in [0.1, 0.15) is 18.2 Å². The second-order valence-corrected chi connectivity index (χ2v) is 8.78. The first kappa shape index (κ1) is 20.0. The maximum Gasteiger partial charge on any atom is 0.255 e. The van der Waals surface area contributed by atoms with Crippen LogP contribution in [0, 0.1) is 0 Å². The van der Waals surface area contributed by atoms with Crippen LogP contribution in [0.1, 0.15) is 60.8 Å². The molecule has 8 nitrogen and oxygen atoms in total. The van der Waals surface area contributed by atoms with Gasteiger partial charge in [-0.05, 0) is 23.6 Å². The molecular weight excluding hydrogens is 382 g/mol. The van der Waals surface area contributed by atoms with E-state index in [2.05, 4.69) is 41.4 Å². The number of nitrogens with zero attached hydrogens (tertiary/aromatic N) is 3. The molecule has 0 aliphatic carbocycles. The average molecular weight is 407 g/mol. The second kappa shape index (κ2) is 7.51. The quantitative estimate of drug-likeness (QED) is 0.753. The summed E-state index contributed by atoms with van der Waals surface area (Å²) in [7, 11) is 0. The number of benzene rings is 1. The summed E-state index contributed by atoms with van der Waals surface area (Å²) in [5.41, 5.74) is 3.33. The van der Waals surface area contributed by atoms with Gasteiger partial charge < -0.3 is 10.2 Å². The minimum atomic E-state index is -0.596. The molecule has 1 aromatic heterocycles. The highest BCUT2D eigenvalue weighted by Gasteiger charge is 2.39. The maximum absolute atomic E-state index is 12.9. The molecule has 1 unspecified atom stereocenters. The molecule has 30 heavy (non-hydrogen) atoms. The van der Waals surface area contributed by atoms with Crippen molar-refractivity contribution >= 4 is 23.5 Å². The van der Waals surface area contributed by atoms with Crippen LogP contribution < -0.4 is 10.6 Å². The third kappa shape index (κ3) is 3.90. The number of carbonyl (C=O) groups is 3. The monoisotopic (exact) mass is 407 g/mol. The summed E-state index contributed by atoms with van der Waals surface area (Å²) in [6.07, 6.45) is 2.16. The number of piperidine rings is 1. The van der Waals surface area contributed by atoms with Crippen molar-refractivity contribution in [2.75, 3.05) is 5.32 Å². The second-order valence-electron chi connectivity index (χ2n) is 8.78. The summed E-state index contributed by atoms with van der Waals surface area (Å²) < 4.78 is 0. The van der Waals surface area contributed by atoms with Gasteiger partial charge in [-0.2, -0.15) is 0 Å². The highest BCUT2D eigenvalue weighted by molar-refractivity contribution is 6.05. The van der Waals surface area contributed by atoms with Crippen molar-refractivity contribution in [1.29, 1.82) is 0 Å².